The van der Waals surface area contributed by atoms with Crippen molar-refractivity contribution >= 4 is 22.7 Å². The average molecular weight is 327 g/mol. The Morgan fingerprint density at radius 2 is 1.96 bits per heavy atom. The number of para-hydroxylation sites is 1. The van der Waals surface area contributed by atoms with E-state index in [2.05, 4.69) is 15.3 Å². The molecule has 0 radical (unpaired) electrons. The molecule has 23 heavy (non-hydrogen) atoms. The van der Waals surface area contributed by atoms with Gasteiger partial charge in [0.25, 0.3) is 0 Å². The van der Waals surface area contributed by atoms with E-state index in [1.165, 1.54) is 6.07 Å². The summed E-state index contributed by atoms with van der Waals surface area (Å²) >= 11 is 0. The second-order valence-electron chi connectivity index (χ2n) is 5.26. The predicted molar refractivity (Wildman–Crippen MR) is 79.0 cm³/mol. The minimum atomic E-state index is -4.71. The number of anilines is 1. The van der Waals surface area contributed by atoms with Crippen LogP contribution in [0.15, 0.2) is 24.3 Å². The fraction of sp³-hybridized carbons (Fsp3) is 0.400. The standard InChI is InChI=1S/C15H16F3N3O2/c1-3-8(2)11(13(22)23)20-12-9-6-4-5-7-10(9)19-14(21-12)15(16,17)18/h4-8,11H,3H2,1-2H3,(H,22,23)(H,19,20,21)/t8-,11-/m0/s1. The maximum absolute atomic E-state index is 12.9. The van der Waals surface area contributed by atoms with E-state index in [-0.39, 0.29) is 17.3 Å². The third kappa shape index (κ3) is 3.69. The number of carbonyl (C=O) groups is 1. The molecule has 2 aromatic rings. The van der Waals surface area contributed by atoms with Gasteiger partial charge in [-0.05, 0) is 18.1 Å². The number of nitrogens with zero attached hydrogens (tertiary/aromatic N) is 2. The summed E-state index contributed by atoms with van der Waals surface area (Å²) in [6.07, 6.45) is -4.16. The van der Waals surface area contributed by atoms with E-state index in [0.29, 0.717) is 11.8 Å². The molecular formula is C15H16F3N3O2. The van der Waals surface area contributed by atoms with Crippen molar-refractivity contribution in [3.63, 3.8) is 0 Å². The zero-order valence-corrected chi connectivity index (χ0v) is 12.6. The van der Waals surface area contributed by atoms with Crippen LogP contribution in [0.25, 0.3) is 10.9 Å². The molecule has 0 saturated carbocycles. The van der Waals surface area contributed by atoms with Gasteiger partial charge in [0, 0.05) is 5.39 Å². The summed E-state index contributed by atoms with van der Waals surface area (Å²) in [5, 5.41) is 12.3. The van der Waals surface area contributed by atoms with E-state index < -0.39 is 24.0 Å². The molecule has 5 nitrogen and oxygen atoms in total. The van der Waals surface area contributed by atoms with Crippen LogP contribution in [0.4, 0.5) is 19.0 Å². The summed E-state index contributed by atoms with van der Waals surface area (Å²) in [5.74, 6) is -2.85. The first-order chi connectivity index (χ1) is 10.7. The Kier molecular flexibility index (Phi) is 4.72. The zero-order chi connectivity index (χ0) is 17.2. The van der Waals surface area contributed by atoms with Crippen LogP contribution in [0.5, 0.6) is 0 Å². The van der Waals surface area contributed by atoms with Crippen molar-refractivity contribution < 1.29 is 23.1 Å². The van der Waals surface area contributed by atoms with Crippen LogP contribution in [0, 0.1) is 5.92 Å². The fourth-order valence-electron chi connectivity index (χ4n) is 2.14. The van der Waals surface area contributed by atoms with Crippen LogP contribution < -0.4 is 5.32 Å². The van der Waals surface area contributed by atoms with E-state index in [1.807, 2.05) is 6.92 Å². The molecule has 8 heteroatoms. The number of carboxylic acid groups (broad SMARTS) is 1. The molecule has 1 aromatic heterocycles. The Labute approximate surface area is 130 Å². The van der Waals surface area contributed by atoms with Gasteiger partial charge < -0.3 is 10.4 Å². The van der Waals surface area contributed by atoms with Gasteiger partial charge in [-0.3, -0.25) is 0 Å². The second-order valence-corrected chi connectivity index (χ2v) is 5.26. The maximum Gasteiger partial charge on any atom is 0.451 e. The largest absolute Gasteiger partial charge is 0.480 e. The van der Waals surface area contributed by atoms with Crippen molar-refractivity contribution in [1.29, 1.82) is 0 Å². The molecule has 2 atom stereocenters. The molecule has 0 aliphatic rings. The van der Waals surface area contributed by atoms with E-state index in [1.54, 1.807) is 25.1 Å². The molecule has 0 amide bonds. The van der Waals surface area contributed by atoms with Crippen LogP contribution in [-0.4, -0.2) is 27.1 Å². The number of rotatable bonds is 5. The molecule has 0 saturated heterocycles. The van der Waals surface area contributed by atoms with Crippen LogP contribution in [0.1, 0.15) is 26.1 Å². The first-order valence-corrected chi connectivity index (χ1v) is 7.07. The molecule has 0 aliphatic carbocycles. The van der Waals surface area contributed by atoms with Crippen LogP contribution in [0.2, 0.25) is 0 Å². The number of nitrogens with one attached hydrogen (secondary N) is 1. The van der Waals surface area contributed by atoms with E-state index in [0.717, 1.165) is 0 Å². The topological polar surface area (TPSA) is 75.1 Å². The maximum atomic E-state index is 12.9. The number of carboxylic acids is 1. The van der Waals surface area contributed by atoms with Gasteiger partial charge >= 0.3 is 12.1 Å². The van der Waals surface area contributed by atoms with Crippen molar-refractivity contribution in [2.75, 3.05) is 5.32 Å². The monoisotopic (exact) mass is 327 g/mol. The van der Waals surface area contributed by atoms with E-state index in [9.17, 15) is 23.1 Å². The Bertz CT molecular complexity index is 719. The van der Waals surface area contributed by atoms with E-state index in [4.69, 9.17) is 0 Å². The molecule has 124 valence electrons. The lowest BCUT2D eigenvalue weighted by molar-refractivity contribution is -0.144. The Morgan fingerprint density at radius 3 is 2.52 bits per heavy atom. The smallest absolute Gasteiger partial charge is 0.451 e. The molecule has 1 heterocycles. The predicted octanol–water partition coefficient (Wildman–Crippen LogP) is 3.56. The number of halogens is 3. The highest BCUT2D eigenvalue weighted by atomic mass is 19.4. The summed E-state index contributed by atoms with van der Waals surface area (Å²) in [5.41, 5.74) is 0.102. The lowest BCUT2D eigenvalue weighted by atomic mass is 9.99. The molecule has 0 bridgehead atoms. The first-order valence-electron chi connectivity index (χ1n) is 7.07. The van der Waals surface area contributed by atoms with Gasteiger partial charge in [0.05, 0.1) is 5.52 Å². The van der Waals surface area contributed by atoms with Crippen molar-refractivity contribution in [2.45, 2.75) is 32.5 Å². The minimum Gasteiger partial charge on any atom is -0.480 e. The lowest BCUT2D eigenvalue weighted by Crippen LogP contribution is -2.36. The highest BCUT2D eigenvalue weighted by Crippen LogP contribution is 2.31. The van der Waals surface area contributed by atoms with Gasteiger partial charge in [0.1, 0.15) is 11.9 Å². The molecule has 0 unspecified atom stereocenters. The van der Waals surface area contributed by atoms with Gasteiger partial charge in [0.15, 0.2) is 0 Å². The zero-order valence-electron chi connectivity index (χ0n) is 12.6. The van der Waals surface area contributed by atoms with Crippen molar-refractivity contribution in [1.82, 2.24) is 9.97 Å². The van der Waals surface area contributed by atoms with E-state index >= 15 is 0 Å². The van der Waals surface area contributed by atoms with Gasteiger partial charge in [-0.2, -0.15) is 13.2 Å². The van der Waals surface area contributed by atoms with Gasteiger partial charge in [-0.15, -0.1) is 0 Å². The van der Waals surface area contributed by atoms with Crippen LogP contribution in [-0.2, 0) is 11.0 Å². The van der Waals surface area contributed by atoms with Gasteiger partial charge in [-0.25, -0.2) is 14.8 Å². The van der Waals surface area contributed by atoms with Crippen LogP contribution in [0.3, 0.4) is 0 Å². The summed E-state index contributed by atoms with van der Waals surface area (Å²) in [4.78, 5) is 18.4. The summed E-state index contributed by atoms with van der Waals surface area (Å²) < 4.78 is 38.8. The Balaban J connectivity index is 2.55. The summed E-state index contributed by atoms with van der Waals surface area (Å²) in [6, 6.07) is 5.12. The second kappa shape index (κ2) is 6.39. The van der Waals surface area contributed by atoms with Gasteiger partial charge in [-0.1, -0.05) is 32.4 Å². The third-order valence-corrected chi connectivity index (χ3v) is 3.63. The van der Waals surface area contributed by atoms with Gasteiger partial charge in [0.2, 0.25) is 5.82 Å². The number of aromatic nitrogens is 2. The number of alkyl halides is 3. The molecule has 2 rings (SSSR count). The highest BCUT2D eigenvalue weighted by molar-refractivity contribution is 5.91. The van der Waals surface area contributed by atoms with Crippen molar-refractivity contribution in [2.24, 2.45) is 5.92 Å². The van der Waals surface area contributed by atoms with Crippen LogP contribution >= 0.6 is 0 Å². The number of hydrogen-bond donors (Lipinski definition) is 2. The molecular weight excluding hydrogens is 311 g/mol. The summed E-state index contributed by atoms with van der Waals surface area (Å²) in [6.45, 7) is 3.52. The normalized spacial score (nSPS) is 14.5. The van der Waals surface area contributed by atoms with Crippen molar-refractivity contribution in [3.05, 3.63) is 30.1 Å². The minimum absolute atomic E-state index is 0.102. The molecule has 0 aliphatic heterocycles. The highest BCUT2D eigenvalue weighted by Gasteiger charge is 2.36. The fourth-order valence-corrected chi connectivity index (χ4v) is 2.14. The molecule has 0 spiro atoms. The SMILES string of the molecule is CC[C@H](C)[C@H](Nc1nc(C(F)(F)F)nc2ccccc12)C(=O)O. The average Bonchev–Trinajstić information content (AvgIpc) is 2.50. The first kappa shape index (κ1) is 17.0. The number of benzene rings is 1. The van der Waals surface area contributed by atoms with Crippen molar-refractivity contribution in [3.8, 4) is 0 Å². The third-order valence-electron chi connectivity index (χ3n) is 3.63. The molecule has 2 N–H and O–H groups in total. The number of hydrogen-bond acceptors (Lipinski definition) is 4. The molecule has 1 aromatic carbocycles. The lowest BCUT2D eigenvalue weighted by Gasteiger charge is -2.22. The number of fused-ring (bicyclic) bond motifs is 1. The Morgan fingerprint density at radius 1 is 1.30 bits per heavy atom. The summed E-state index contributed by atoms with van der Waals surface area (Å²) in [7, 11) is 0. The molecule has 0 fully saturated rings. The Hall–Kier alpha value is -2.38. The quantitative estimate of drug-likeness (QED) is 0.878. The number of aliphatic carboxylic acids is 1.